The maximum absolute atomic E-state index is 11.1. The van der Waals surface area contributed by atoms with E-state index < -0.39 is 10.7 Å². The van der Waals surface area contributed by atoms with Crippen molar-refractivity contribution < 1.29 is 9.90 Å². The Morgan fingerprint density at radius 2 is 2.13 bits per heavy atom. The van der Waals surface area contributed by atoms with Gasteiger partial charge in [0.25, 0.3) is 0 Å². The Morgan fingerprint density at radius 1 is 1.53 bits per heavy atom. The van der Waals surface area contributed by atoms with Gasteiger partial charge in [0, 0.05) is 4.90 Å². The number of carboxylic acid groups (broad SMARTS) is 1. The summed E-state index contributed by atoms with van der Waals surface area (Å²) in [5.41, 5.74) is 0. The van der Waals surface area contributed by atoms with Crippen molar-refractivity contribution in [3.05, 3.63) is 29.3 Å². The van der Waals surface area contributed by atoms with Crippen LogP contribution in [-0.2, 0) is 4.79 Å². The first-order chi connectivity index (χ1) is 6.99. The minimum Gasteiger partial charge on any atom is -0.480 e. The molecule has 2 nitrogen and oxygen atoms in total. The van der Waals surface area contributed by atoms with Gasteiger partial charge in [-0.1, -0.05) is 30.7 Å². The highest BCUT2D eigenvalue weighted by Crippen LogP contribution is 2.38. The van der Waals surface area contributed by atoms with Crippen molar-refractivity contribution in [3.8, 4) is 0 Å². The standard InChI is InChI=1S/C11H13ClO2S/c1-3-11(2,10(13)14)15-9-7-5-4-6-8(9)12/h4-7H,3H2,1-2H3,(H,13,14). The lowest BCUT2D eigenvalue weighted by atomic mass is 10.1. The van der Waals surface area contributed by atoms with Crippen LogP contribution in [0.15, 0.2) is 29.2 Å². The molecule has 0 aromatic heterocycles. The number of carbonyl (C=O) groups is 1. The Kier molecular flexibility index (Phi) is 4.05. The predicted molar refractivity (Wildman–Crippen MR) is 63.6 cm³/mol. The minimum atomic E-state index is -0.814. The third kappa shape index (κ3) is 2.89. The van der Waals surface area contributed by atoms with Crippen LogP contribution in [0.2, 0.25) is 5.02 Å². The molecule has 0 fully saturated rings. The highest BCUT2D eigenvalue weighted by molar-refractivity contribution is 8.01. The molecular weight excluding hydrogens is 232 g/mol. The molecule has 1 N–H and O–H groups in total. The van der Waals surface area contributed by atoms with Gasteiger partial charge in [0.05, 0.1) is 5.02 Å². The number of thioether (sulfide) groups is 1. The summed E-state index contributed by atoms with van der Waals surface area (Å²) in [6.07, 6.45) is 0.554. The number of hydrogen-bond acceptors (Lipinski definition) is 2. The molecule has 0 aliphatic rings. The van der Waals surface area contributed by atoms with E-state index in [-0.39, 0.29) is 0 Å². The summed E-state index contributed by atoms with van der Waals surface area (Å²) in [6.45, 7) is 3.57. The van der Waals surface area contributed by atoms with E-state index in [1.54, 1.807) is 13.0 Å². The summed E-state index contributed by atoms with van der Waals surface area (Å²) in [6, 6.07) is 7.29. The second-order valence-electron chi connectivity index (χ2n) is 3.42. The molecular formula is C11H13ClO2S. The molecule has 0 bridgehead atoms. The molecule has 1 atom stereocenters. The summed E-state index contributed by atoms with van der Waals surface area (Å²) in [7, 11) is 0. The van der Waals surface area contributed by atoms with E-state index >= 15 is 0 Å². The van der Waals surface area contributed by atoms with Gasteiger partial charge < -0.3 is 5.11 Å². The van der Waals surface area contributed by atoms with Crippen molar-refractivity contribution in [2.45, 2.75) is 29.9 Å². The number of carboxylic acids is 1. The Labute approximate surface area is 98.6 Å². The van der Waals surface area contributed by atoms with Crippen LogP contribution >= 0.6 is 23.4 Å². The molecule has 0 spiro atoms. The van der Waals surface area contributed by atoms with E-state index in [4.69, 9.17) is 16.7 Å². The van der Waals surface area contributed by atoms with Crippen LogP contribution in [0.3, 0.4) is 0 Å². The van der Waals surface area contributed by atoms with E-state index in [0.29, 0.717) is 11.4 Å². The van der Waals surface area contributed by atoms with Crippen molar-refractivity contribution in [2.24, 2.45) is 0 Å². The summed E-state index contributed by atoms with van der Waals surface area (Å²) < 4.78 is -0.814. The van der Waals surface area contributed by atoms with Gasteiger partial charge in [-0.2, -0.15) is 0 Å². The molecule has 0 radical (unpaired) electrons. The van der Waals surface area contributed by atoms with Gasteiger partial charge in [-0.25, -0.2) is 0 Å². The van der Waals surface area contributed by atoms with E-state index in [1.165, 1.54) is 11.8 Å². The Bertz CT molecular complexity index is 367. The fourth-order valence-corrected chi connectivity index (χ4v) is 2.32. The molecule has 1 rings (SSSR count). The van der Waals surface area contributed by atoms with Gasteiger partial charge in [-0.05, 0) is 25.5 Å². The predicted octanol–water partition coefficient (Wildman–Crippen LogP) is 3.69. The third-order valence-electron chi connectivity index (χ3n) is 2.30. The van der Waals surface area contributed by atoms with Crippen molar-refractivity contribution >= 4 is 29.3 Å². The fourth-order valence-electron chi connectivity index (χ4n) is 1.04. The highest BCUT2D eigenvalue weighted by Gasteiger charge is 2.32. The monoisotopic (exact) mass is 244 g/mol. The van der Waals surface area contributed by atoms with Crippen molar-refractivity contribution in [3.63, 3.8) is 0 Å². The average Bonchev–Trinajstić information content (AvgIpc) is 2.21. The minimum absolute atomic E-state index is 0.554. The average molecular weight is 245 g/mol. The summed E-state index contributed by atoms with van der Waals surface area (Å²) >= 11 is 7.27. The van der Waals surface area contributed by atoms with Gasteiger partial charge in [0.2, 0.25) is 0 Å². The largest absolute Gasteiger partial charge is 0.480 e. The highest BCUT2D eigenvalue weighted by atomic mass is 35.5. The van der Waals surface area contributed by atoms with Crippen LogP contribution in [-0.4, -0.2) is 15.8 Å². The SMILES string of the molecule is CCC(C)(Sc1ccccc1Cl)C(=O)O. The number of benzene rings is 1. The van der Waals surface area contributed by atoms with Gasteiger partial charge >= 0.3 is 5.97 Å². The van der Waals surface area contributed by atoms with Gasteiger partial charge in [-0.3, -0.25) is 4.79 Å². The molecule has 0 saturated heterocycles. The van der Waals surface area contributed by atoms with Gasteiger partial charge in [0.1, 0.15) is 4.75 Å². The van der Waals surface area contributed by atoms with Crippen LogP contribution in [0.1, 0.15) is 20.3 Å². The molecule has 0 amide bonds. The van der Waals surface area contributed by atoms with Crippen LogP contribution in [0.5, 0.6) is 0 Å². The second kappa shape index (κ2) is 4.90. The van der Waals surface area contributed by atoms with Crippen LogP contribution < -0.4 is 0 Å². The Hall–Kier alpha value is -0.670. The Balaban J connectivity index is 2.94. The number of rotatable bonds is 4. The van der Waals surface area contributed by atoms with E-state index in [2.05, 4.69) is 0 Å². The summed E-state index contributed by atoms with van der Waals surface area (Å²) in [5, 5.41) is 9.72. The maximum atomic E-state index is 11.1. The smallest absolute Gasteiger partial charge is 0.319 e. The lowest BCUT2D eigenvalue weighted by molar-refractivity contribution is -0.139. The molecule has 1 unspecified atom stereocenters. The van der Waals surface area contributed by atoms with Crippen molar-refractivity contribution in [1.82, 2.24) is 0 Å². The number of aliphatic carboxylic acids is 1. The molecule has 15 heavy (non-hydrogen) atoms. The van der Waals surface area contributed by atoms with Gasteiger partial charge in [0.15, 0.2) is 0 Å². The third-order valence-corrected chi connectivity index (χ3v) is 4.23. The zero-order chi connectivity index (χ0) is 11.5. The summed E-state index contributed by atoms with van der Waals surface area (Å²) in [4.78, 5) is 11.9. The first-order valence-electron chi connectivity index (χ1n) is 4.66. The zero-order valence-electron chi connectivity index (χ0n) is 8.66. The zero-order valence-corrected chi connectivity index (χ0v) is 10.2. The molecule has 4 heteroatoms. The van der Waals surface area contributed by atoms with Crippen LogP contribution in [0, 0.1) is 0 Å². The quantitative estimate of drug-likeness (QED) is 0.821. The van der Waals surface area contributed by atoms with E-state index in [9.17, 15) is 4.79 Å². The fraction of sp³-hybridized carbons (Fsp3) is 0.364. The molecule has 0 aliphatic heterocycles. The van der Waals surface area contributed by atoms with Crippen molar-refractivity contribution in [1.29, 1.82) is 0 Å². The normalized spacial score (nSPS) is 14.6. The van der Waals surface area contributed by atoms with Crippen LogP contribution in [0.25, 0.3) is 0 Å². The lowest BCUT2D eigenvalue weighted by Gasteiger charge is -2.22. The molecule has 1 aromatic carbocycles. The molecule has 1 aromatic rings. The van der Waals surface area contributed by atoms with E-state index in [1.807, 2.05) is 25.1 Å². The maximum Gasteiger partial charge on any atom is 0.319 e. The topological polar surface area (TPSA) is 37.3 Å². The first kappa shape index (κ1) is 12.4. The second-order valence-corrected chi connectivity index (χ2v) is 5.37. The Morgan fingerprint density at radius 3 is 2.60 bits per heavy atom. The number of halogens is 1. The molecule has 0 heterocycles. The molecule has 0 aliphatic carbocycles. The van der Waals surface area contributed by atoms with Gasteiger partial charge in [-0.15, -0.1) is 11.8 Å². The molecule has 0 saturated carbocycles. The van der Waals surface area contributed by atoms with Crippen LogP contribution in [0.4, 0.5) is 0 Å². The van der Waals surface area contributed by atoms with Crippen molar-refractivity contribution in [2.75, 3.05) is 0 Å². The first-order valence-corrected chi connectivity index (χ1v) is 5.86. The summed E-state index contributed by atoms with van der Waals surface area (Å²) in [5.74, 6) is -0.810. The lowest BCUT2D eigenvalue weighted by Crippen LogP contribution is -2.30. The van der Waals surface area contributed by atoms with E-state index in [0.717, 1.165) is 4.90 Å². The molecule has 82 valence electrons. The number of hydrogen-bond donors (Lipinski definition) is 1.